The number of para-hydroxylation sites is 1. The van der Waals surface area contributed by atoms with Crippen molar-refractivity contribution in [3.8, 4) is 5.75 Å². The van der Waals surface area contributed by atoms with Gasteiger partial charge in [-0.1, -0.05) is 18.2 Å². The lowest BCUT2D eigenvalue weighted by Gasteiger charge is -2.05. The summed E-state index contributed by atoms with van der Waals surface area (Å²) in [6.45, 7) is 0.0841. The van der Waals surface area contributed by atoms with Crippen molar-refractivity contribution < 1.29 is 21.8 Å². The van der Waals surface area contributed by atoms with Gasteiger partial charge in [0.05, 0.1) is 31.2 Å². The molecule has 1 aromatic heterocycles. The number of rotatable bonds is 5. The highest BCUT2D eigenvalue weighted by molar-refractivity contribution is 7.85. The standard InChI is InChI=1S/C19H17NO5S/c1-26(21,22)24-9-8-14-12-23-18-11-15(6-7-16(14)18)25-19-10-13-4-2-3-5-17(13)20-19/h2-7,11-12H,8-10H2,1H3. The van der Waals surface area contributed by atoms with Crippen LogP contribution in [0.5, 0.6) is 5.75 Å². The molecule has 2 heterocycles. The number of furan rings is 1. The number of fused-ring (bicyclic) bond motifs is 2. The molecule has 2 aromatic carbocycles. The van der Waals surface area contributed by atoms with Gasteiger partial charge in [0, 0.05) is 23.4 Å². The summed E-state index contributed by atoms with van der Waals surface area (Å²) in [5.74, 6) is 1.30. The Morgan fingerprint density at radius 2 is 2.04 bits per heavy atom. The predicted octanol–water partition coefficient (Wildman–Crippen LogP) is 3.62. The number of nitrogens with zero attached hydrogens (tertiary/aromatic N) is 1. The highest BCUT2D eigenvalue weighted by atomic mass is 32.2. The largest absolute Gasteiger partial charge is 0.464 e. The summed E-state index contributed by atoms with van der Waals surface area (Å²) in [6.07, 6.45) is 3.76. The Hall–Kier alpha value is -2.64. The number of ether oxygens (including phenoxy) is 1. The molecule has 0 atom stereocenters. The van der Waals surface area contributed by atoms with E-state index in [2.05, 4.69) is 4.99 Å². The molecule has 0 bridgehead atoms. The highest BCUT2D eigenvalue weighted by Crippen LogP contribution is 2.29. The van der Waals surface area contributed by atoms with Crippen LogP contribution in [0.1, 0.15) is 11.1 Å². The van der Waals surface area contributed by atoms with Gasteiger partial charge in [-0.3, -0.25) is 4.18 Å². The van der Waals surface area contributed by atoms with E-state index in [1.807, 2.05) is 42.5 Å². The molecule has 0 saturated carbocycles. The van der Waals surface area contributed by atoms with Crippen LogP contribution < -0.4 is 4.74 Å². The van der Waals surface area contributed by atoms with Crippen LogP contribution in [0.25, 0.3) is 11.0 Å². The predicted molar refractivity (Wildman–Crippen MR) is 98.6 cm³/mol. The molecule has 1 aliphatic rings. The maximum absolute atomic E-state index is 11.0. The van der Waals surface area contributed by atoms with Crippen molar-refractivity contribution in [2.45, 2.75) is 12.8 Å². The number of hydrogen-bond acceptors (Lipinski definition) is 6. The van der Waals surface area contributed by atoms with Crippen molar-refractivity contribution in [2.24, 2.45) is 4.99 Å². The number of hydrogen-bond donors (Lipinski definition) is 0. The first kappa shape index (κ1) is 16.8. The maximum atomic E-state index is 11.0. The Labute approximate surface area is 151 Å². The lowest BCUT2D eigenvalue weighted by molar-refractivity contribution is 0.325. The normalized spacial score (nSPS) is 13.7. The molecule has 3 aromatic rings. The van der Waals surface area contributed by atoms with E-state index in [0.717, 1.165) is 28.5 Å². The molecule has 4 rings (SSSR count). The molecule has 0 unspecified atom stereocenters. The van der Waals surface area contributed by atoms with Gasteiger partial charge in [0.25, 0.3) is 10.1 Å². The van der Waals surface area contributed by atoms with Crippen LogP contribution in [0.3, 0.4) is 0 Å². The second-order valence-electron chi connectivity index (χ2n) is 6.11. The Kier molecular flexibility index (Phi) is 4.26. The Balaban J connectivity index is 1.47. The van der Waals surface area contributed by atoms with Gasteiger partial charge in [-0.2, -0.15) is 8.42 Å². The van der Waals surface area contributed by atoms with Crippen molar-refractivity contribution in [1.29, 1.82) is 0 Å². The number of aliphatic imine (C=N–C) groups is 1. The van der Waals surface area contributed by atoms with Crippen LogP contribution in [0.2, 0.25) is 0 Å². The average Bonchev–Trinajstić information content (AvgIpc) is 3.17. The van der Waals surface area contributed by atoms with Crippen LogP contribution in [0, 0.1) is 0 Å². The molecular formula is C19H17NO5S. The second kappa shape index (κ2) is 6.59. The summed E-state index contributed by atoms with van der Waals surface area (Å²) in [5, 5.41) is 0.908. The molecule has 0 aliphatic carbocycles. The van der Waals surface area contributed by atoms with Crippen molar-refractivity contribution in [3.63, 3.8) is 0 Å². The molecule has 1 aliphatic heterocycles. The lowest BCUT2D eigenvalue weighted by Crippen LogP contribution is -2.07. The van der Waals surface area contributed by atoms with E-state index in [1.54, 1.807) is 6.26 Å². The minimum absolute atomic E-state index is 0.0841. The van der Waals surface area contributed by atoms with Crippen molar-refractivity contribution >= 4 is 32.7 Å². The van der Waals surface area contributed by atoms with Gasteiger partial charge in [0.1, 0.15) is 11.3 Å². The summed E-state index contributed by atoms with van der Waals surface area (Å²) in [5.41, 5.74) is 3.65. The first-order chi connectivity index (χ1) is 12.5. The third-order valence-electron chi connectivity index (χ3n) is 4.11. The van der Waals surface area contributed by atoms with Crippen LogP contribution in [0.15, 0.2) is 58.1 Å². The van der Waals surface area contributed by atoms with Crippen molar-refractivity contribution in [2.75, 3.05) is 12.9 Å². The smallest absolute Gasteiger partial charge is 0.264 e. The third kappa shape index (κ3) is 3.63. The monoisotopic (exact) mass is 371 g/mol. The van der Waals surface area contributed by atoms with Gasteiger partial charge < -0.3 is 9.15 Å². The van der Waals surface area contributed by atoms with Crippen molar-refractivity contribution in [3.05, 3.63) is 59.9 Å². The van der Waals surface area contributed by atoms with E-state index in [0.29, 0.717) is 30.1 Å². The van der Waals surface area contributed by atoms with Crippen LogP contribution in [-0.4, -0.2) is 27.2 Å². The van der Waals surface area contributed by atoms with Crippen LogP contribution in [0.4, 0.5) is 5.69 Å². The summed E-state index contributed by atoms with van der Waals surface area (Å²) < 4.78 is 38.3. The van der Waals surface area contributed by atoms with E-state index in [-0.39, 0.29) is 6.61 Å². The molecular weight excluding hydrogens is 354 g/mol. The summed E-state index contributed by atoms with van der Waals surface area (Å²) >= 11 is 0. The van der Waals surface area contributed by atoms with Gasteiger partial charge >= 0.3 is 0 Å². The molecule has 0 spiro atoms. The first-order valence-corrected chi connectivity index (χ1v) is 9.97. The van der Waals surface area contributed by atoms with Crippen LogP contribution >= 0.6 is 0 Å². The molecule has 0 radical (unpaired) electrons. The fourth-order valence-corrected chi connectivity index (χ4v) is 3.31. The average molecular weight is 371 g/mol. The molecule has 0 N–H and O–H groups in total. The highest BCUT2D eigenvalue weighted by Gasteiger charge is 2.16. The van der Waals surface area contributed by atoms with Gasteiger partial charge in [-0.05, 0) is 23.8 Å². The fourth-order valence-electron chi connectivity index (χ4n) is 2.92. The Morgan fingerprint density at radius 3 is 2.85 bits per heavy atom. The summed E-state index contributed by atoms with van der Waals surface area (Å²) in [6, 6.07) is 13.5. The zero-order valence-corrected chi connectivity index (χ0v) is 15.0. The molecule has 26 heavy (non-hydrogen) atoms. The lowest BCUT2D eigenvalue weighted by atomic mass is 10.1. The van der Waals surface area contributed by atoms with Gasteiger partial charge in [0.15, 0.2) is 5.90 Å². The van der Waals surface area contributed by atoms with Gasteiger partial charge in [-0.25, -0.2) is 4.99 Å². The third-order valence-corrected chi connectivity index (χ3v) is 4.70. The summed E-state index contributed by atoms with van der Waals surface area (Å²) in [7, 11) is -3.44. The molecule has 6 nitrogen and oxygen atoms in total. The maximum Gasteiger partial charge on any atom is 0.264 e. The van der Waals surface area contributed by atoms with Gasteiger partial charge in [-0.15, -0.1) is 0 Å². The van der Waals surface area contributed by atoms with E-state index >= 15 is 0 Å². The molecule has 0 fully saturated rings. The zero-order chi connectivity index (χ0) is 18.1. The first-order valence-electron chi connectivity index (χ1n) is 8.16. The fraction of sp³-hybridized carbons (Fsp3) is 0.211. The second-order valence-corrected chi connectivity index (χ2v) is 7.75. The van der Waals surface area contributed by atoms with E-state index in [1.165, 1.54) is 0 Å². The van der Waals surface area contributed by atoms with Crippen molar-refractivity contribution in [1.82, 2.24) is 0 Å². The molecule has 0 saturated heterocycles. The minimum Gasteiger partial charge on any atom is -0.464 e. The number of benzene rings is 2. The zero-order valence-electron chi connectivity index (χ0n) is 14.1. The van der Waals surface area contributed by atoms with Crippen LogP contribution in [-0.2, 0) is 27.1 Å². The molecule has 0 amide bonds. The SMILES string of the molecule is CS(=O)(=O)OCCc1coc2cc(OC3=Nc4ccccc4C3)ccc12. The Morgan fingerprint density at radius 1 is 1.19 bits per heavy atom. The molecule has 134 valence electrons. The molecule has 7 heteroatoms. The van der Waals surface area contributed by atoms with Gasteiger partial charge in [0.2, 0.25) is 0 Å². The van der Waals surface area contributed by atoms with E-state index < -0.39 is 10.1 Å². The quantitative estimate of drug-likeness (QED) is 0.640. The Bertz CT molecular complexity index is 1100. The topological polar surface area (TPSA) is 78.1 Å². The van der Waals surface area contributed by atoms with E-state index in [9.17, 15) is 8.42 Å². The minimum atomic E-state index is -3.44. The van der Waals surface area contributed by atoms with E-state index in [4.69, 9.17) is 13.3 Å². The summed E-state index contributed by atoms with van der Waals surface area (Å²) in [4.78, 5) is 4.49.